The first kappa shape index (κ1) is 15.7. The molecule has 1 amide bonds. The van der Waals surface area contributed by atoms with E-state index in [2.05, 4.69) is 39.0 Å². The highest BCUT2D eigenvalue weighted by Gasteiger charge is 2.11. The SMILES string of the molecule is Cc1ccc(CCC(=O)N(C)CC(C)CN)cc1C. The van der Waals surface area contributed by atoms with Crippen LogP contribution in [0.25, 0.3) is 0 Å². The Hall–Kier alpha value is -1.35. The van der Waals surface area contributed by atoms with Gasteiger partial charge >= 0.3 is 0 Å². The molecule has 0 aromatic heterocycles. The third kappa shape index (κ3) is 5.03. The van der Waals surface area contributed by atoms with Gasteiger partial charge in [-0.15, -0.1) is 0 Å². The lowest BCUT2D eigenvalue weighted by molar-refractivity contribution is -0.130. The molecule has 0 radical (unpaired) electrons. The maximum atomic E-state index is 12.0. The van der Waals surface area contributed by atoms with E-state index >= 15 is 0 Å². The van der Waals surface area contributed by atoms with Gasteiger partial charge in [-0.3, -0.25) is 4.79 Å². The number of nitrogens with two attached hydrogens (primary N) is 1. The van der Waals surface area contributed by atoms with E-state index in [-0.39, 0.29) is 5.91 Å². The molecule has 1 atom stereocenters. The molecule has 0 aliphatic rings. The van der Waals surface area contributed by atoms with Crippen LogP contribution in [0, 0.1) is 19.8 Å². The lowest BCUT2D eigenvalue weighted by Gasteiger charge is -2.20. The van der Waals surface area contributed by atoms with Crippen LogP contribution in [0.3, 0.4) is 0 Å². The Bertz CT molecular complexity index is 429. The highest BCUT2D eigenvalue weighted by molar-refractivity contribution is 5.76. The van der Waals surface area contributed by atoms with Crippen LogP contribution >= 0.6 is 0 Å². The monoisotopic (exact) mass is 262 g/mol. The Morgan fingerprint density at radius 2 is 2.00 bits per heavy atom. The van der Waals surface area contributed by atoms with Crippen molar-refractivity contribution in [3.05, 3.63) is 34.9 Å². The number of nitrogens with zero attached hydrogens (tertiary/aromatic N) is 1. The molecule has 0 aliphatic heterocycles. The summed E-state index contributed by atoms with van der Waals surface area (Å²) >= 11 is 0. The van der Waals surface area contributed by atoms with Crippen molar-refractivity contribution < 1.29 is 4.79 Å². The third-order valence-corrected chi connectivity index (χ3v) is 3.61. The molecule has 0 spiro atoms. The van der Waals surface area contributed by atoms with Crippen LogP contribution < -0.4 is 5.73 Å². The van der Waals surface area contributed by atoms with Gasteiger partial charge in [0.25, 0.3) is 0 Å². The van der Waals surface area contributed by atoms with E-state index in [0.29, 0.717) is 18.9 Å². The lowest BCUT2D eigenvalue weighted by atomic mass is 10.0. The molecule has 1 rings (SSSR count). The van der Waals surface area contributed by atoms with Gasteiger partial charge in [-0.25, -0.2) is 0 Å². The van der Waals surface area contributed by atoms with E-state index in [1.165, 1.54) is 16.7 Å². The Kier molecular flexibility index (Phi) is 6.03. The molecule has 3 heteroatoms. The van der Waals surface area contributed by atoms with Gasteiger partial charge in [-0.05, 0) is 49.4 Å². The summed E-state index contributed by atoms with van der Waals surface area (Å²) in [5.41, 5.74) is 9.39. The minimum absolute atomic E-state index is 0.193. The summed E-state index contributed by atoms with van der Waals surface area (Å²) in [6, 6.07) is 6.40. The van der Waals surface area contributed by atoms with E-state index in [0.717, 1.165) is 13.0 Å². The number of hydrogen-bond acceptors (Lipinski definition) is 2. The van der Waals surface area contributed by atoms with E-state index in [1.807, 2.05) is 7.05 Å². The van der Waals surface area contributed by atoms with E-state index in [1.54, 1.807) is 4.90 Å². The van der Waals surface area contributed by atoms with Crippen LogP contribution in [-0.4, -0.2) is 30.9 Å². The summed E-state index contributed by atoms with van der Waals surface area (Å²) in [5, 5.41) is 0. The molecule has 0 fully saturated rings. The first-order chi connectivity index (χ1) is 8.93. The van der Waals surface area contributed by atoms with E-state index in [4.69, 9.17) is 5.73 Å². The standard InChI is InChI=1S/C16H26N2O/c1-12(10-17)11-18(4)16(19)8-7-15-6-5-13(2)14(3)9-15/h5-6,9,12H,7-8,10-11,17H2,1-4H3. The summed E-state index contributed by atoms with van der Waals surface area (Å²) in [5.74, 6) is 0.550. The summed E-state index contributed by atoms with van der Waals surface area (Å²) in [6.45, 7) is 7.63. The zero-order valence-corrected chi connectivity index (χ0v) is 12.6. The lowest BCUT2D eigenvalue weighted by Crippen LogP contribution is -2.33. The van der Waals surface area contributed by atoms with Gasteiger partial charge in [0, 0.05) is 20.0 Å². The fourth-order valence-corrected chi connectivity index (χ4v) is 2.05. The smallest absolute Gasteiger partial charge is 0.222 e. The largest absolute Gasteiger partial charge is 0.345 e. The summed E-state index contributed by atoms with van der Waals surface area (Å²) < 4.78 is 0. The minimum atomic E-state index is 0.193. The fraction of sp³-hybridized carbons (Fsp3) is 0.562. The van der Waals surface area contributed by atoms with Crippen molar-refractivity contribution in [1.29, 1.82) is 0 Å². The molecular weight excluding hydrogens is 236 g/mol. The average Bonchev–Trinajstić information content (AvgIpc) is 2.39. The van der Waals surface area contributed by atoms with E-state index in [9.17, 15) is 4.79 Å². The first-order valence-electron chi connectivity index (χ1n) is 6.94. The molecule has 2 N–H and O–H groups in total. The van der Waals surface area contributed by atoms with Gasteiger partial charge in [-0.1, -0.05) is 25.1 Å². The predicted octanol–water partition coefficient (Wildman–Crippen LogP) is 2.29. The number of amides is 1. The number of hydrogen-bond donors (Lipinski definition) is 1. The normalized spacial score (nSPS) is 12.3. The van der Waals surface area contributed by atoms with Crippen molar-refractivity contribution >= 4 is 5.91 Å². The van der Waals surface area contributed by atoms with Gasteiger partial charge in [0.05, 0.1) is 0 Å². The second-order valence-corrected chi connectivity index (χ2v) is 5.53. The van der Waals surface area contributed by atoms with Crippen molar-refractivity contribution in [2.24, 2.45) is 11.7 Å². The predicted molar refractivity (Wildman–Crippen MR) is 80.1 cm³/mol. The van der Waals surface area contributed by atoms with Gasteiger partial charge in [0.2, 0.25) is 5.91 Å². The highest BCUT2D eigenvalue weighted by Crippen LogP contribution is 2.12. The third-order valence-electron chi connectivity index (χ3n) is 3.61. The maximum Gasteiger partial charge on any atom is 0.222 e. The molecule has 19 heavy (non-hydrogen) atoms. The number of aryl methyl sites for hydroxylation is 3. The molecule has 106 valence electrons. The molecule has 0 saturated carbocycles. The summed E-state index contributed by atoms with van der Waals surface area (Å²) in [4.78, 5) is 13.8. The molecule has 0 bridgehead atoms. The van der Waals surface area contributed by atoms with Gasteiger partial charge < -0.3 is 10.6 Å². The van der Waals surface area contributed by atoms with Crippen molar-refractivity contribution in [1.82, 2.24) is 4.90 Å². The summed E-state index contributed by atoms with van der Waals surface area (Å²) in [7, 11) is 1.86. The zero-order chi connectivity index (χ0) is 14.4. The van der Waals surface area contributed by atoms with Gasteiger partial charge in [-0.2, -0.15) is 0 Å². The van der Waals surface area contributed by atoms with Crippen molar-refractivity contribution in [2.75, 3.05) is 20.1 Å². The topological polar surface area (TPSA) is 46.3 Å². The van der Waals surface area contributed by atoms with Crippen molar-refractivity contribution in [3.8, 4) is 0 Å². The number of carbonyl (C=O) groups is 1. The molecule has 1 aromatic rings. The van der Waals surface area contributed by atoms with Crippen LogP contribution in [0.1, 0.15) is 30.0 Å². The fourth-order valence-electron chi connectivity index (χ4n) is 2.05. The van der Waals surface area contributed by atoms with Gasteiger partial charge in [0.1, 0.15) is 0 Å². The Labute approximate surface area is 116 Å². The minimum Gasteiger partial charge on any atom is -0.345 e. The maximum absolute atomic E-state index is 12.0. The molecular formula is C16H26N2O. The van der Waals surface area contributed by atoms with Crippen LogP contribution in [-0.2, 0) is 11.2 Å². The average molecular weight is 262 g/mol. The van der Waals surface area contributed by atoms with Gasteiger partial charge in [0.15, 0.2) is 0 Å². The second-order valence-electron chi connectivity index (χ2n) is 5.53. The summed E-state index contributed by atoms with van der Waals surface area (Å²) in [6.07, 6.45) is 1.37. The second kappa shape index (κ2) is 7.29. The Morgan fingerprint density at radius 3 is 2.58 bits per heavy atom. The number of carbonyl (C=O) groups excluding carboxylic acids is 1. The van der Waals surface area contributed by atoms with Crippen LogP contribution in [0.15, 0.2) is 18.2 Å². The zero-order valence-electron chi connectivity index (χ0n) is 12.6. The van der Waals surface area contributed by atoms with Crippen LogP contribution in [0.2, 0.25) is 0 Å². The molecule has 0 aliphatic carbocycles. The molecule has 1 unspecified atom stereocenters. The Balaban J connectivity index is 2.47. The van der Waals surface area contributed by atoms with Crippen molar-refractivity contribution in [2.45, 2.75) is 33.6 Å². The first-order valence-corrected chi connectivity index (χ1v) is 6.94. The highest BCUT2D eigenvalue weighted by atomic mass is 16.2. The van der Waals surface area contributed by atoms with E-state index < -0.39 is 0 Å². The number of rotatable bonds is 6. The number of benzene rings is 1. The molecule has 3 nitrogen and oxygen atoms in total. The molecule has 0 heterocycles. The van der Waals surface area contributed by atoms with Crippen LogP contribution in [0.4, 0.5) is 0 Å². The molecule has 1 aromatic carbocycles. The van der Waals surface area contributed by atoms with Crippen molar-refractivity contribution in [3.63, 3.8) is 0 Å². The van der Waals surface area contributed by atoms with Crippen LogP contribution in [0.5, 0.6) is 0 Å². The quantitative estimate of drug-likeness (QED) is 0.855. The Morgan fingerprint density at radius 1 is 1.32 bits per heavy atom. The molecule has 0 saturated heterocycles.